The first-order valence-electron chi connectivity index (χ1n) is 9.92. The fourth-order valence-electron chi connectivity index (χ4n) is 4.35. The van der Waals surface area contributed by atoms with Gasteiger partial charge in [0.2, 0.25) is 5.88 Å². The molecule has 2 aromatic heterocycles. The Hall–Kier alpha value is -2.99. The van der Waals surface area contributed by atoms with Gasteiger partial charge < -0.3 is 10.2 Å². The first kappa shape index (κ1) is 18.1. The van der Waals surface area contributed by atoms with E-state index in [-0.39, 0.29) is 23.4 Å². The number of hydrogen-bond donors (Lipinski definition) is 2. The first-order chi connectivity index (χ1) is 14.1. The second-order valence-electron chi connectivity index (χ2n) is 7.54. The van der Waals surface area contributed by atoms with Crippen molar-refractivity contribution in [2.75, 3.05) is 0 Å². The molecule has 0 saturated carbocycles. The first-order valence-corrected chi connectivity index (χ1v) is 10.7. The molecule has 148 valence electrons. The van der Waals surface area contributed by atoms with E-state index in [0.717, 1.165) is 34.2 Å². The molecule has 1 aliphatic heterocycles. The van der Waals surface area contributed by atoms with E-state index >= 15 is 0 Å². The molecule has 2 N–H and O–H groups in total. The van der Waals surface area contributed by atoms with E-state index in [9.17, 15) is 15.0 Å². The summed E-state index contributed by atoms with van der Waals surface area (Å²) in [5, 5.41) is 22.2. The summed E-state index contributed by atoms with van der Waals surface area (Å²) in [4.78, 5) is 14.4. The highest BCUT2D eigenvalue weighted by Crippen LogP contribution is 2.45. The number of rotatable bonds is 4. The summed E-state index contributed by atoms with van der Waals surface area (Å²) in [6, 6.07) is 14.9. The molecule has 4 aromatic rings. The minimum absolute atomic E-state index is 0.0644. The number of benzene rings is 2. The maximum absolute atomic E-state index is 13.3. The third kappa shape index (κ3) is 2.70. The normalized spacial score (nSPS) is 15.4. The van der Waals surface area contributed by atoms with Crippen LogP contribution in [0.3, 0.4) is 0 Å². The number of hydrogen-bond acceptors (Lipinski definition) is 4. The van der Waals surface area contributed by atoms with Gasteiger partial charge in [0.15, 0.2) is 0 Å². The average Bonchev–Trinajstić information content (AvgIpc) is 3.20. The zero-order chi connectivity index (χ0) is 20.1. The van der Waals surface area contributed by atoms with Crippen LogP contribution in [0.15, 0.2) is 53.3 Å². The van der Waals surface area contributed by atoms with Crippen LogP contribution in [0.1, 0.15) is 47.5 Å². The lowest BCUT2D eigenvalue weighted by Gasteiger charge is -2.25. The van der Waals surface area contributed by atoms with Crippen LogP contribution in [0.2, 0.25) is 0 Å². The number of unbranched alkanes of at least 4 members (excludes halogenated alkanes) is 1. The molecule has 1 aliphatic rings. The molecule has 29 heavy (non-hydrogen) atoms. The van der Waals surface area contributed by atoms with Crippen molar-refractivity contribution in [3.63, 3.8) is 0 Å². The van der Waals surface area contributed by atoms with E-state index < -0.39 is 0 Å². The number of thiophene rings is 1. The minimum Gasteiger partial charge on any atom is -0.508 e. The van der Waals surface area contributed by atoms with Crippen molar-refractivity contribution in [2.45, 2.75) is 38.8 Å². The number of phenolic OH excluding ortho intramolecular Hbond substituents is 1. The Morgan fingerprint density at radius 1 is 1.14 bits per heavy atom. The molecule has 3 heterocycles. The summed E-state index contributed by atoms with van der Waals surface area (Å²) in [6.45, 7) is 2.57. The van der Waals surface area contributed by atoms with Gasteiger partial charge in [-0.1, -0.05) is 43.7 Å². The second-order valence-corrected chi connectivity index (χ2v) is 8.63. The molecule has 0 bridgehead atoms. The van der Waals surface area contributed by atoms with Gasteiger partial charge in [-0.3, -0.25) is 9.13 Å². The minimum atomic E-state index is -0.362. The van der Waals surface area contributed by atoms with Gasteiger partial charge in [0.05, 0.1) is 11.7 Å². The molecule has 6 heteroatoms. The molecule has 2 aromatic carbocycles. The van der Waals surface area contributed by atoms with Crippen molar-refractivity contribution in [1.82, 2.24) is 9.13 Å². The van der Waals surface area contributed by atoms with E-state index in [1.165, 1.54) is 9.27 Å². The van der Waals surface area contributed by atoms with Crippen LogP contribution >= 0.6 is 11.3 Å². The van der Waals surface area contributed by atoms with Gasteiger partial charge in [0.25, 0.3) is 0 Å². The molecular weight excluding hydrogens is 384 g/mol. The van der Waals surface area contributed by atoms with E-state index in [1.807, 2.05) is 18.2 Å². The zero-order valence-electron chi connectivity index (χ0n) is 16.1. The fourth-order valence-corrected chi connectivity index (χ4v) is 5.69. The maximum Gasteiger partial charge on any atom is 0.332 e. The smallest absolute Gasteiger partial charge is 0.332 e. The predicted molar refractivity (Wildman–Crippen MR) is 115 cm³/mol. The van der Waals surface area contributed by atoms with Gasteiger partial charge in [0, 0.05) is 22.5 Å². The van der Waals surface area contributed by atoms with Gasteiger partial charge in [0.1, 0.15) is 5.75 Å². The van der Waals surface area contributed by atoms with Crippen molar-refractivity contribution in [3.8, 4) is 11.6 Å². The number of aromatic hydroxyl groups is 2. The average molecular weight is 407 g/mol. The van der Waals surface area contributed by atoms with Crippen LogP contribution in [0.5, 0.6) is 11.6 Å². The van der Waals surface area contributed by atoms with Gasteiger partial charge in [-0.25, -0.2) is 4.79 Å². The lowest BCUT2D eigenvalue weighted by molar-refractivity contribution is 0.404. The number of aromatic nitrogens is 2. The molecular formula is C23H22N2O3S. The van der Waals surface area contributed by atoms with E-state index in [0.29, 0.717) is 18.7 Å². The Balaban J connectivity index is 1.80. The van der Waals surface area contributed by atoms with E-state index in [4.69, 9.17) is 0 Å². The van der Waals surface area contributed by atoms with Crippen LogP contribution in [0, 0.1) is 0 Å². The highest BCUT2D eigenvalue weighted by Gasteiger charge is 2.35. The summed E-state index contributed by atoms with van der Waals surface area (Å²) < 4.78 is 4.38. The lowest BCUT2D eigenvalue weighted by Crippen LogP contribution is -2.31. The molecule has 0 radical (unpaired) electrons. The lowest BCUT2D eigenvalue weighted by atomic mass is 9.94. The van der Waals surface area contributed by atoms with Crippen LogP contribution < -0.4 is 5.69 Å². The topological polar surface area (TPSA) is 67.4 Å². The summed E-state index contributed by atoms with van der Waals surface area (Å²) in [7, 11) is 0. The molecule has 0 unspecified atom stereocenters. The van der Waals surface area contributed by atoms with E-state index in [1.54, 1.807) is 34.1 Å². The Kier molecular flexibility index (Phi) is 4.24. The van der Waals surface area contributed by atoms with Crippen molar-refractivity contribution < 1.29 is 10.2 Å². The fraction of sp³-hybridized carbons (Fsp3) is 0.261. The van der Waals surface area contributed by atoms with Crippen molar-refractivity contribution in [2.24, 2.45) is 0 Å². The van der Waals surface area contributed by atoms with Crippen molar-refractivity contribution in [1.29, 1.82) is 0 Å². The Morgan fingerprint density at radius 3 is 2.76 bits per heavy atom. The molecule has 0 saturated heterocycles. The molecule has 5 nitrogen and oxygen atoms in total. The number of phenols is 1. The third-order valence-electron chi connectivity index (χ3n) is 5.74. The molecule has 0 fully saturated rings. The molecule has 0 amide bonds. The van der Waals surface area contributed by atoms with Gasteiger partial charge in [-0.2, -0.15) is 0 Å². The Bertz CT molecular complexity index is 1280. The number of fused-ring (bicyclic) bond motifs is 4. The SMILES string of the molecule is CCCCn1c(O)c2n(c1=O)[C@H](c1cccc(O)c1)c1sc3ccccc3c1C2. The highest BCUT2D eigenvalue weighted by molar-refractivity contribution is 7.19. The predicted octanol–water partition coefficient (Wildman–Crippen LogP) is 4.62. The van der Waals surface area contributed by atoms with E-state index in [2.05, 4.69) is 19.1 Å². The maximum atomic E-state index is 13.3. The largest absolute Gasteiger partial charge is 0.508 e. The number of imidazole rings is 1. The van der Waals surface area contributed by atoms with Crippen LogP contribution in [0.4, 0.5) is 0 Å². The molecule has 1 atom stereocenters. The molecule has 0 spiro atoms. The van der Waals surface area contributed by atoms with Gasteiger partial charge in [-0.15, -0.1) is 11.3 Å². The zero-order valence-corrected chi connectivity index (χ0v) is 16.9. The van der Waals surface area contributed by atoms with Crippen LogP contribution in [-0.2, 0) is 13.0 Å². The Morgan fingerprint density at radius 2 is 1.97 bits per heavy atom. The second kappa shape index (κ2) is 6.81. The quantitative estimate of drug-likeness (QED) is 0.458. The summed E-state index contributed by atoms with van der Waals surface area (Å²) in [6.07, 6.45) is 2.30. The van der Waals surface area contributed by atoms with Crippen molar-refractivity contribution in [3.05, 3.63) is 80.7 Å². The highest BCUT2D eigenvalue weighted by atomic mass is 32.1. The van der Waals surface area contributed by atoms with Crippen LogP contribution in [-0.4, -0.2) is 19.3 Å². The third-order valence-corrected chi connectivity index (χ3v) is 7.01. The van der Waals surface area contributed by atoms with Crippen molar-refractivity contribution >= 4 is 21.4 Å². The monoisotopic (exact) mass is 406 g/mol. The standard InChI is InChI=1S/C23H22N2O3S/c1-2-3-11-24-22(27)18-13-17-16-9-4-5-10-19(16)29-21(17)20(25(18)23(24)28)14-7-6-8-15(26)12-14/h4-10,12,20,26-27H,2-3,11,13H2,1H3/t20-/m1/s1. The van der Waals surface area contributed by atoms with Gasteiger partial charge >= 0.3 is 5.69 Å². The van der Waals surface area contributed by atoms with Gasteiger partial charge in [-0.05, 0) is 41.1 Å². The summed E-state index contributed by atoms with van der Waals surface area (Å²) >= 11 is 1.68. The number of nitrogens with zero attached hydrogens (tertiary/aromatic N) is 2. The Labute approximate surface area is 172 Å². The summed E-state index contributed by atoms with van der Waals surface area (Å²) in [5.74, 6) is 0.231. The van der Waals surface area contributed by atoms with Crippen LogP contribution in [0.25, 0.3) is 10.1 Å². The molecule has 5 rings (SSSR count). The summed E-state index contributed by atoms with van der Waals surface area (Å²) in [5.41, 5.74) is 2.45. The molecule has 0 aliphatic carbocycles.